The molecule has 0 radical (unpaired) electrons. The van der Waals surface area contributed by atoms with E-state index in [0.29, 0.717) is 19.6 Å². The van der Waals surface area contributed by atoms with Crippen LogP contribution in [0.15, 0.2) is 36.5 Å². The number of benzene rings is 2. The van der Waals surface area contributed by atoms with E-state index in [9.17, 15) is 18.3 Å². The van der Waals surface area contributed by atoms with Crippen LogP contribution in [0.5, 0.6) is 5.75 Å². The molecule has 2 fully saturated rings. The third-order valence-corrected chi connectivity index (χ3v) is 9.31. The molecule has 3 aromatic rings. The van der Waals surface area contributed by atoms with E-state index < -0.39 is 16.0 Å². The van der Waals surface area contributed by atoms with Crippen molar-refractivity contribution in [2.75, 3.05) is 45.4 Å². The lowest BCUT2D eigenvalue weighted by atomic mass is 9.69. The van der Waals surface area contributed by atoms with Crippen LogP contribution in [-0.2, 0) is 16.6 Å². The fraction of sp³-hybridized carbons (Fsp3) is 0.444. The summed E-state index contributed by atoms with van der Waals surface area (Å²) in [5.74, 6) is -0.132. The van der Waals surface area contributed by atoms with Gasteiger partial charge in [-0.1, -0.05) is 6.07 Å². The van der Waals surface area contributed by atoms with Crippen LogP contribution in [0.25, 0.3) is 10.9 Å². The number of hydrogen-bond acceptors (Lipinski definition) is 6. The summed E-state index contributed by atoms with van der Waals surface area (Å²) in [5.41, 5.74) is 5.23. The number of aryl methyl sites for hydroxylation is 1. The van der Waals surface area contributed by atoms with Crippen molar-refractivity contribution < 1.29 is 23.1 Å². The van der Waals surface area contributed by atoms with Gasteiger partial charge in [0.2, 0.25) is 10.0 Å². The van der Waals surface area contributed by atoms with Gasteiger partial charge < -0.3 is 20.1 Å². The number of aromatic nitrogens is 1. The number of sulfonamides is 1. The van der Waals surface area contributed by atoms with Crippen molar-refractivity contribution in [3.05, 3.63) is 58.8 Å². The molecule has 37 heavy (non-hydrogen) atoms. The number of fused-ring (bicyclic) bond motifs is 1. The average molecular weight is 527 g/mol. The maximum Gasteiger partial charge on any atom is 0.335 e. The molecule has 9 nitrogen and oxygen atoms in total. The first-order valence-electron chi connectivity index (χ1n) is 12.4. The number of ether oxygens (including phenoxy) is 1. The highest BCUT2D eigenvalue weighted by Crippen LogP contribution is 2.50. The Balaban J connectivity index is 1.54. The van der Waals surface area contributed by atoms with Crippen molar-refractivity contribution in [2.24, 2.45) is 5.41 Å². The monoisotopic (exact) mass is 526 g/mol. The predicted octanol–water partition coefficient (Wildman–Crippen LogP) is 3.82. The normalized spacial score (nSPS) is 20.2. The lowest BCUT2D eigenvalue weighted by Crippen LogP contribution is -2.61. The van der Waals surface area contributed by atoms with E-state index in [1.807, 2.05) is 12.3 Å². The fourth-order valence-corrected chi connectivity index (χ4v) is 7.09. The van der Waals surface area contributed by atoms with Crippen molar-refractivity contribution in [3.63, 3.8) is 0 Å². The molecule has 2 aromatic carbocycles. The maximum atomic E-state index is 12.1. The van der Waals surface area contributed by atoms with Crippen LogP contribution < -0.4 is 10.1 Å². The molecule has 0 aliphatic carbocycles. The highest BCUT2D eigenvalue weighted by atomic mass is 32.2. The van der Waals surface area contributed by atoms with Gasteiger partial charge in [0.05, 0.1) is 18.9 Å². The second-order valence-corrected chi connectivity index (χ2v) is 12.5. The number of aromatic amines is 1. The number of carbonyl (C=O) groups is 1. The first kappa shape index (κ1) is 25.6. The number of aromatic carboxylic acids is 1. The summed E-state index contributed by atoms with van der Waals surface area (Å²) in [5, 5.41) is 13.9. The van der Waals surface area contributed by atoms with E-state index in [-0.39, 0.29) is 17.0 Å². The largest absolute Gasteiger partial charge is 0.496 e. The Morgan fingerprint density at radius 1 is 1.27 bits per heavy atom. The zero-order chi connectivity index (χ0) is 26.5. The number of nitrogens with one attached hydrogen (secondary N) is 2. The zero-order valence-electron chi connectivity index (χ0n) is 21.7. The number of H-pyrrole nitrogens is 1. The number of carboxylic acid groups (broad SMARTS) is 1. The molecule has 0 amide bonds. The first-order chi connectivity index (χ1) is 17.5. The summed E-state index contributed by atoms with van der Waals surface area (Å²) in [7, 11) is 0.269. The van der Waals surface area contributed by atoms with Crippen molar-refractivity contribution in [3.8, 4) is 5.75 Å². The van der Waals surface area contributed by atoms with Gasteiger partial charge in [-0.3, -0.25) is 4.90 Å². The van der Waals surface area contributed by atoms with E-state index >= 15 is 0 Å². The number of methoxy groups -OCH3 is 1. The molecule has 10 heteroatoms. The molecule has 2 aliphatic heterocycles. The van der Waals surface area contributed by atoms with Crippen LogP contribution in [0.3, 0.4) is 0 Å². The van der Waals surface area contributed by atoms with Crippen molar-refractivity contribution >= 4 is 32.6 Å². The lowest BCUT2D eigenvalue weighted by molar-refractivity contribution is -0.0326. The van der Waals surface area contributed by atoms with Crippen LogP contribution in [-0.4, -0.2) is 73.7 Å². The highest BCUT2D eigenvalue weighted by molar-refractivity contribution is 7.88. The Kier molecular flexibility index (Phi) is 6.45. The predicted molar refractivity (Wildman–Crippen MR) is 144 cm³/mol. The number of nitrogens with zero attached hydrogens (tertiary/aromatic N) is 2. The number of carboxylic acids is 1. The molecule has 1 spiro atoms. The first-order valence-corrected chi connectivity index (χ1v) is 14.3. The van der Waals surface area contributed by atoms with Crippen LogP contribution in [0, 0.1) is 12.3 Å². The van der Waals surface area contributed by atoms with Gasteiger partial charge in [-0.05, 0) is 61.7 Å². The summed E-state index contributed by atoms with van der Waals surface area (Å²) in [4.78, 5) is 17.4. The van der Waals surface area contributed by atoms with Gasteiger partial charge >= 0.3 is 5.97 Å². The van der Waals surface area contributed by atoms with Crippen molar-refractivity contribution in [1.29, 1.82) is 0 Å². The maximum absolute atomic E-state index is 12.1. The number of hydrogen-bond donors (Lipinski definition) is 3. The molecule has 3 heterocycles. The van der Waals surface area contributed by atoms with Crippen LogP contribution in [0.2, 0.25) is 0 Å². The Morgan fingerprint density at radius 3 is 2.68 bits per heavy atom. The number of anilines is 1. The minimum atomic E-state index is -3.22. The van der Waals surface area contributed by atoms with Gasteiger partial charge in [-0.15, -0.1) is 0 Å². The molecule has 1 aromatic heterocycles. The lowest BCUT2D eigenvalue weighted by Gasteiger charge is -2.55. The van der Waals surface area contributed by atoms with E-state index in [1.54, 1.807) is 30.6 Å². The minimum absolute atomic E-state index is 0.0271. The SMILES string of the molecule is CNc1cc(C(=O)O)ccc1[C@@H]1CC2(CCN1Cc1c(OC)cc(C)c3[nH]ccc13)CN(S(C)(=O)=O)C2. The molecular weight excluding hydrogens is 492 g/mol. The van der Waals surface area contributed by atoms with E-state index in [4.69, 9.17) is 4.74 Å². The van der Waals surface area contributed by atoms with E-state index in [0.717, 1.165) is 58.4 Å². The molecule has 2 aliphatic rings. The molecule has 0 unspecified atom stereocenters. The number of rotatable bonds is 7. The Hall–Kier alpha value is -3.08. The van der Waals surface area contributed by atoms with Crippen molar-refractivity contribution in [1.82, 2.24) is 14.2 Å². The molecule has 0 saturated carbocycles. The molecule has 3 N–H and O–H groups in total. The number of piperidine rings is 1. The Morgan fingerprint density at radius 2 is 2.03 bits per heavy atom. The minimum Gasteiger partial charge on any atom is -0.496 e. The quantitative estimate of drug-likeness (QED) is 0.429. The third-order valence-electron chi connectivity index (χ3n) is 8.11. The summed E-state index contributed by atoms with van der Waals surface area (Å²) >= 11 is 0. The van der Waals surface area contributed by atoms with Gasteiger partial charge in [0.15, 0.2) is 0 Å². The highest BCUT2D eigenvalue weighted by Gasteiger charge is 2.51. The molecule has 5 rings (SSSR count). The summed E-state index contributed by atoms with van der Waals surface area (Å²) in [6.45, 7) is 4.54. The summed E-state index contributed by atoms with van der Waals surface area (Å²) in [6.07, 6.45) is 4.88. The van der Waals surface area contributed by atoms with Crippen LogP contribution >= 0.6 is 0 Å². The molecule has 198 valence electrons. The smallest absolute Gasteiger partial charge is 0.335 e. The standard InChI is InChI=1S/C27H34N4O5S/c1-17-11-24(36-3)21(19-7-9-29-25(17)19)14-30-10-8-27(15-31(16-27)37(4,34)35)13-23(30)20-6-5-18(26(32)33)12-22(20)28-2/h5-7,9,11-12,23,28-29H,8,10,13-16H2,1-4H3,(H,32,33)/t23-/m0/s1. The summed E-state index contributed by atoms with van der Waals surface area (Å²) in [6, 6.07) is 9.34. The fourth-order valence-electron chi connectivity index (χ4n) is 6.08. The van der Waals surface area contributed by atoms with Gasteiger partial charge in [-0.2, -0.15) is 0 Å². The molecule has 1 atom stereocenters. The second-order valence-electron chi connectivity index (χ2n) is 10.5. The summed E-state index contributed by atoms with van der Waals surface area (Å²) < 4.78 is 31.6. The van der Waals surface area contributed by atoms with Crippen LogP contribution in [0.1, 0.15) is 45.9 Å². The van der Waals surface area contributed by atoms with Crippen molar-refractivity contribution in [2.45, 2.75) is 32.4 Å². The molecule has 0 bridgehead atoms. The van der Waals surface area contributed by atoms with Gasteiger partial charge in [0, 0.05) is 66.5 Å². The Labute approximate surface area is 217 Å². The second kappa shape index (κ2) is 9.34. The van der Waals surface area contributed by atoms with Gasteiger partial charge in [0.1, 0.15) is 5.75 Å². The van der Waals surface area contributed by atoms with E-state index in [2.05, 4.69) is 34.3 Å². The molecular formula is C27H34N4O5S. The molecule has 2 saturated heterocycles. The van der Waals surface area contributed by atoms with E-state index in [1.165, 1.54) is 6.26 Å². The van der Waals surface area contributed by atoms with Gasteiger partial charge in [0.25, 0.3) is 0 Å². The topological polar surface area (TPSA) is 115 Å². The average Bonchev–Trinajstić information content (AvgIpc) is 3.34. The zero-order valence-corrected chi connectivity index (χ0v) is 22.5. The van der Waals surface area contributed by atoms with Gasteiger partial charge in [-0.25, -0.2) is 17.5 Å². The Bertz CT molecular complexity index is 1460. The number of likely N-dealkylation sites (tertiary alicyclic amines) is 1. The third kappa shape index (κ3) is 4.58. The van der Waals surface area contributed by atoms with Crippen LogP contribution in [0.4, 0.5) is 5.69 Å².